The van der Waals surface area contributed by atoms with E-state index in [2.05, 4.69) is 12.2 Å². The Hall–Kier alpha value is -0.260. The van der Waals surface area contributed by atoms with Crippen LogP contribution in [0.15, 0.2) is 18.2 Å². The first-order valence-corrected chi connectivity index (χ1v) is 8.09. The summed E-state index contributed by atoms with van der Waals surface area (Å²) < 4.78 is 27.7. The standard InChI is InChI=1S/C13H17F2NS2/c1-8-13(18-7-6-17-8)12(16-2)11-9(14)4-3-5-10(11)15/h3-5,8,12-13,16H,6-7H2,1-2H3. The van der Waals surface area contributed by atoms with Gasteiger partial charge in [0, 0.05) is 27.6 Å². The number of nitrogens with one attached hydrogen (secondary N) is 1. The second kappa shape index (κ2) is 6.26. The zero-order valence-electron chi connectivity index (χ0n) is 10.5. The number of benzene rings is 1. The van der Waals surface area contributed by atoms with Gasteiger partial charge in [-0.2, -0.15) is 23.5 Å². The van der Waals surface area contributed by atoms with Crippen molar-refractivity contribution in [3.05, 3.63) is 35.4 Å². The van der Waals surface area contributed by atoms with Crippen LogP contribution in [-0.4, -0.2) is 29.1 Å². The molecule has 1 saturated heterocycles. The van der Waals surface area contributed by atoms with Crippen molar-refractivity contribution < 1.29 is 8.78 Å². The predicted octanol–water partition coefficient (Wildman–Crippen LogP) is 3.46. The van der Waals surface area contributed by atoms with Crippen LogP contribution in [0.25, 0.3) is 0 Å². The fourth-order valence-corrected chi connectivity index (χ4v) is 5.26. The van der Waals surface area contributed by atoms with Crippen LogP contribution in [0.5, 0.6) is 0 Å². The largest absolute Gasteiger partial charge is 0.312 e. The van der Waals surface area contributed by atoms with Crippen molar-refractivity contribution in [1.82, 2.24) is 5.32 Å². The van der Waals surface area contributed by atoms with E-state index in [9.17, 15) is 8.78 Å². The molecule has 0 amide bonds. The first-order valence-electron chi connectivity index (χ1n) is 5.99. The van der Waals surface area contributed by atoms with Crippen LogP contribution in [0.2, 0.25) is 0 Å². The summed E-state index contributed by atoms with van der Waals surface area (Å²) in [5.74, 6) is 1.22. The fourth-order valence-electron chi connectivity index (χ4n) is 2.30. The van der Waals surface area contributed by atoms with Gasteiger partial charge in [-0.25, -0.2) is 8.78 Å². The average Bonchev–Trinajstić information content (AvgIpc) is 2.35. The molecule has 2 rings (SSSR count). The van der Waals surface area contributed by atoms with E-state index >= 15 is 0 Å². The highest BCUT2D eigenvalue weighted by Gasteiger charge is 2.33. The summed E-state index contributed by atoms with van der Waals surface area (Å²) in [5.41, 5.74) is 0.173. The third-order valence-corrected chi connectivity index (χ3v) is 6.38. The molecule has 0 aliphatic carbocycles. The van der Waals surface area contributed by atoms with Gasteiger partial charge in [0.1, 0.15) is 11.6 Å². The molecule has 1 N–H and O–H groups in total. The van der Waals surface area contributed by atoms with Crippen molar-refractivity contribution in [3.8, 4) is 0 Å². The Kier molecular flexibility index (Phi) is 4.92. The number of rotatable bonds is 3. The van der Waals surface area contributed by atoms with Crippen LogP contribution in [0.3, 0.4) is 0 Å². The lowest BCUT2D eigenvalue weighted by Crippen LogP contribution is -2.37. The lowest BCUT2D eigenvalue weighted by atomic mass is 10.0. The predicted molar refractivity (Wildman–Crippen MR) is 76.3 cm³/mol. The van der Waals surface area contributed by atoms with Crippen LogP contribution in [0.4, 0.5) is 8.78 Å². The maximum Gasteiger partial charge on any atom is 0.130 e. The minimum absolute atomic E-state index is 0.173. The Labute approximate surface area is 115 Å². The number of halogens is 2. The van der Waals surface area contributed by atoms with Gasteiger partial charge >= 0.3 is 0 Å². The number of hydrogen-bond donors (Lipinski definition) is 1. The SMILES string of the molecule is CNC(c1c(F)cccc1F)C1SCCSC1C. The number of hydrogen-bond acceptors (Lipinski definition) is 3. The quantitative estimate of drug-likeness (QED) is 0.915. The summed E-state index contributed by atoms with van der Waals surface area (Å²) in [6.45, 7) is 2.13. The Balaban J connectivity index is 2.32. The normalized spacial score (nSPS) is 26.0. The molecule has 100 valence electrons. The molecule has 0 saturated carbocycles. The monoisotopic (exact) mass is 289 g/mol. The van der Waals surface area contributed by atoms with Gasteiger partial charge in [0.15, 0.2) is 0 Å². The molecule has 1 aromatic carbocycles. The van der Waals surface area contributed by atoms with E-state index in [0.717, 1.165) is 11.5 Å². The van der Waals surface area contributed by atoms with E-state index in [1.54, 1.807) is 18.8 Å². The van der Waals surface area contributed by atoms with Gasteiger partial charge in [-0.1, -0.05) is 13.0 Å². The van der Waals surface area contributed by atoms with E-state index in [1.165, 1.54) is 18.2 Å². The molecule has 1 nitrogen and oxygen atoms in total. The number of thioether (sulfide) groups is 2. The topological polar surface area (TPSA) is 12.0 Å². The van der Waals surface area contributed by atoms with Crippen molar-refractivity contribution in [3.63, 3.8) is 0 Å². The third-order valence-electron chi connectivity index (χ3n) is 3.19. The minimum Gasteiger partial charge on any atom is -0.312 e. The van der Waals surface area contributed by atoms with E-state index in [-0.39, 0.29) is 16.9 Å². The van der Waals surface area contributed by atoms with Gasteiger partial charge in [-0.05, 0) is 19.2 Å². The molecular weight excluding hydrogens is 272 g/mol. The first-order chi connectivity index (χ1) is 8.65. The first kappa shape index (κ1) is 14.2. The molecule has 1 aromatic rings. The summed E-state index contributed by atoms with van der Waals surface area (Å²) in [6.07, 6.45) is 0. The molecule has 3 atom stereocenters. The highest BCUT2D eigenvalue weighted by atomic mass is 32.2. The molecule has 1 heterocycles. The van der Waals surface area contributed by atoms with E-state index < -0.39 is 11.6 Å². The van der Waals surface area contributed by atoms with E-state index in [4.69, 9.17) is 0 Å². The summed E-state index contributed by atoms with van der Waals surface area (Å²) in [5, 5.41) is 3.67. The average molecular weight is 289 g/mol. The molecule has 0 bridgehead atoms. The van der Waals surface area contributed by atoms with Crippen LogP contribution >= 0.6 is 23.5 Å². The summed E-state index contributed by atoms with van der Waals surface area (Å²) in [7, 11) is 1.77. The Morgan fingerprint density at radius 1 is 1.22 bits per heavy atom. The summed E-state index contributed by atoms with van der Waals surface area (Å²) in [4.78, 5) is 0. The molecule has 3 unspecified atom stereocenters. The molecule has 18 heavy (non-hydrogen) atoms. The second-order valence-corrected chi connectivity index (χ2v) is 7.08. The fraction of sp³-hybridized carbons (Fsp3) is 0.538. The van der Waals surface area contributed by atoms with Crippen LogP contribution in [0, 0.1) is 11.6 Å². The highest BCUT2D eigenvalue weighted by Crippen LogP contribution is 2.39. The highest BCUT2D eigenvalue weighted by molar-refractivity contribution is 8.07. The molecule has 1 aliphatic heterocycles. The zero-order valence-corrected chi connectivity index (χ0v) is 12.1. The Morgan fingerprint density at radius 3 is 2.39 bits per heavy atom. The van der Waals surface area contributed by atoms with Gasteiger partial charge in [0.25, 0.3) is 0 Å². The van der Waals surface area contributed by atoms with Crippen molar-refractivity contribution >= 4 is 23.5 Å². The Morgan fingerprint density at radius 2 is 1.83 bits per heavy atom. The molecule has 0 aromatic heterocycles. The van der Waals surface area contributed by atoms with Crippen molar-refractivity contribution in [1.29, 1.82) is 0 Å². The van der Waals surface area contributed by atoms with Crippen LogP contribution in [0.1, 0.15) is 18.5 Å². The summed E-state index contributed by atoms with van der Waals surface area (Å²) >= 11 is 3.67. The smallest absolute Gasteiger partial charge is 0.130 e. The van der Waals surface area contributed by atoms with Gasteiger partial charge in [-0.15, -0.1) is 0 Å². The van der Waals surface area contributed by atoms with Gasteiger partial charge < -0.3 is 5.32 Å². The maximum absolute atomic E-state index is 13.9. The van der Waals surface area contributed by atoms with Crippen LogP contribution < -0.4 is 5.32 Å². The van der Waals surface area contributed by atoms with Crippen molar-refractivity contribution in [2.75, 3.05) is 18.6 Å². The molecular formula is C13H17F2NS2. The van der Waals surface area contributed by atoms with Crippen molar-refractivity contribution in [2.45, 2.75) is 23.5 Å². The second-order valence-electron chi connectivity index (χ2n) is 4.31. The van der Waals surface area contributed by atoms with Crippen molar-refractivity contribution in [2.24, 2.45) is 0 Å². The lowest BCUT2D eigenvalue weighted by molar-refractivity contribution is 0.478. The maximum atomic E-state index is 13.9. The molecule has 0 radical (unpaired) electrons. The lowest BCUT2D eigenvalue weighted by Gasteiger charge is -2.34. The van der Waals surface area contributed by atoms with E-state index in [1.807, 2.05) is 11.8 Å². The molecule has 5 heteroatoms. The minimum atomic E-state index is -0.460. The van der Waals surface area contributed by atoms with Crippen LogP contribution in [-0.2, 0) is 0 Å². The molecule has 1 aliphatic rings. The van der Waals surface area contributed by atoms with Gasteiger partial charge in [0.2, 0.25) is 0 Å². The molecule has 0 spiro atoms. The third kappa shape index (κ3) is 2.83. The summed E-state index contributed by atoms with van der Waals surface area (Å²) in [6, 6.07) is 3.79. The van der Waals surface area contributed by atoms with Gasteiger partial charge in [-0.3, -0.25) is 0 Å². The van der Waals surface area contributed by atoms with E-state index in [0.29, 0.717) is 5.25 Å². The van der Waals surface area contributed by atoms with Gasteiger partial charge in [0.05, 0.1) is 6.04 Å². The molecule has 1 fully saturated rings. The zero-order chi connectivity index (χ0) is 13.1. The Bertz CT molecular complexity index is 394.